The first-order valence-corrected chi connectivity index (χ1v) is 10.5. The predicted octanol–water partition coefficient (Wildman–Crippen LogP) is 2.39. The summed E-state index contributed by atoms with van der Waals surface area (Å²) in [5.41, 5.74) is 2.08. The van der Waals surface area contributed by atoms with Crippen LogP contribution in [0.15, 0.2) is 54.6 Å². The maximum absolute atomic E-state index is 12.6. The number of rotatable bonds is 7. The van der Waals surface area contributed by atoms with Gasteiger partial charge in [0, 0.05) is 32.7 Å². The van der Waals surface area contributed by atoms with Gasteiger partial charge < -0.3 is 9.64 Å². The van der Waals surface area contributed by atoms with Crippen molar-refractivity contribution in [2.45, 2.75) is 12.2 Å². The average molecular weight is 375 g/mol. The summed E-state index contributed by atoms with van der Waals surface area (Å²) in [6.45, 7) is 3.61. The Morgan fingerprint density at radius 3 is 2.31 bits per heavy atom. The first-order valence-electron chi connectivity index (χ1n) is 8.94. The molecule has 1 aliphatic heterocycles. The Kier molecular flexibility index (Phi) is 6.29. The summed E-state index contributed by atoms with van der Waals surface area (Å²) >= 11 is 0. The van der Waals surface area contributed by atoms with E-state index in [0.717, 1.165) is 37.4 Å². The van der Waals surface area contributed by atoms with Crippen molar-refractivity contribution >= 4 is 10.0 Å². The Bertz CT molecular complexity index is 801. The largest absolute Gasteiger partial charge is 0.497 e. The van der Waals surface area contributed by atoms with Gasteiger partial charge in [-0.15, -0.1) is 0 Å². The Morgan fingerprint density at radius 2 is 1.62 bits per heavy atom. The Morgan fingerprint density at radius 1 is 0.923 bits per heavy atom. The Balaban J connectivity index is 1.49. The summed E-state index contributed by atoms with van der Waals surface area (Å²) in [5, 5.41) is 0. The molecule has 1 saturated heterocycles. The van der Waals surface area contributed by atoms with Crippen LogP contribution in [0, 0.1) is 0 Å². The van der Waals surface area contributed by atoms with Gasteiger partial charge in [-0.1, -0.05) is 42.5 Å². The van der Waals surface area contributed by atoms with Crippen molar-refractivity contribution in [1.29, 1.82) is 0 Å². The van der Waals surface area contributed by atoms with Crippen LogP contribution in [0.1, 0.15) is 11.1 Å². The number of ether oxygens (including phenoxy) is 1. The van der Waals surface area contributed by atoms with Crippen molar-refractivity contribution in [3.63, 3.8) is 0 Å². The summed E-state index contributed by atoms with van der Waals surface area (Å²) < 4.78 is 32.1. The van der Waals surface area contributed by atoms with Crippen molar-refractivity contribution in [2.75, 3.05) is 39.8 Å². The van der Waals surface area contributed by atoms with Crippen molar-refractivity contribution < 1.29 is 13.2 Å². The van der Waals surface area contributed by atoms with Gasteiger partial charge in [0.25, 0.3) is 0 Å². The number of sulfonamides is 1. The fourth-order valence-corrected chi connectivity index (χ4v) is 4.74. The molecule has 0 aromatic heterocycles. The normalized spacial score (nSPS) is 16.5. The maximum Gasteiger partial charge on any atom is 0.218 e. The highest BCUT2D eigenvalue weighted by Crippen LogP contribution is 2.16. The topological polar surface area (TPSA) is 49.9 Å². The van der Waals surface area contributed by atoms with E-state index in [0.29, 0.717) is 13.1 Å². The van der Waals surface area contributed by atoms with E-state index in [1.807, 2.05) is 42.5 Å². The quantitative estimate of drug-likeness (QED) is 0.747. The molecule has 0 amide bonds. The molecule has 3 rings (SSSR count). The molecule has 1 fully saturated rings. The molecule has 0 saturated carbocycles. The van der Waals surface area contributed by atoms with Crippen LogP contribution in [0.2, 0.25) is 0 Å². The minimum Gasteiger partial charge on any atom is -0.497 e. The number of benzene rings is 2. The number of nitrogens with zero attached hydrogens (tertiary/aromatic N) is 2. The number of methoxy groups -OCH3 is 1. The molecule has 0 radical (unpaired) electrons. The van der Waals surface area contributed by atoms with Crippen LogP contribution in [-0.2, 0) is 22.2 Å². The van der Waals surface area contributed by atoms with E-state index in [4.69, 9.17) is 4.74 Å². The highest BCUT2D eigenvalue weighted by atomic mass is 32.2. The van der Waals surface area contributed by atoms with Crippen molar-refractivity contribution in [1.82, 2.24) is 9.21 Å². The molecule has 2 aromatic carbocycles. The molecule has 0 spiro atoms. The molecule has 0 unspecified atom stereocenters. The second kappa shape index (κ2) is 8.66. The van der Waals surface area contributed by atoms with E-state index in [1.54, 1.807) is 11.4 Å². The van der Waals surface area contributed by atoms with Crippen molar-refractivity contribution in [3.8, 4) is 5.75 Å². The molecule has 2 aromatic rings. The minimum absolute atomic E-state index is 0.0810. The van der Waals surface area contributed by atoms with Gasteiger partial charge in [0.2, 0.25) is 10.0 Å². The van der Waals surface area contributed by atoms with E-state index in [9.17, 15) is 8.42 Å². The van der Waals surface area contributed by atoms with Gasteiger partial charge in [-0.05, 0) is 29.7 Å². The van der Waals surface area contributed by atoms with E-state index in [-0.39, 0.29) is 5.75 Å². The molecule has 1 heterocycles. The van der Waals surface area contributed by atoms with Gasteiger partial charge in [0.1, 0.15) is 5.75 Å². The molecule has 5 nitrogen and oxygen atoms in total. The van der Waals surface area contributed by atoms with E-state index in [2.05, 4.69) is 17.0 Å². The third-order valence-corrected chi connectivity index (χ3v) is 6.62. The molecule has 6 heteroatoms. The van der Waals surface area contributed by atoms with Gasteiger partial charge in [-0.25, -0.2) is 8.42 Å². The summed E-state index contributed by atoms with van der Waals surface area (Å²) in [7, 11) is -1.57. The first-order chi connectivity index (χ1) is 12.6. The standard InChI is InChI=1S/C20H26N2O3S/c1-25-20-9-5-8-18(16-20)10-11-21-12-14-22(15-13-21)26(23,24)17-19-6-3-2-4-7-19/h2-9,16H,10-15,17H2,1H3. The van der Waals surface area contributed by atoms with Crippen LogP contribution >= 0.6 is 0 Å². The zero-order valence-electron chi connectivity index (χ0n) is 15.2. The fraction of sp³-hybridized carbons (Fsp3) is 0.400. The van der Waals surface area contributed by atoms with Gasteiger partial charge in [-0.3, -0.25) is 0 Å². The van der Waals surface area contributed by atoms with Crippen LogP contribution < -0.4 is 4.74 Å². The molecule has 0 aliphatic carbocycles. The van der Waals surface area contributed by atoms with Crippen LogP contribution in [0.25, 0.3) is 0 Å². The smallest absolute Gasteiger partial charge is 0.218 e. The van der Waals surface area contributed by atoms with Crippen LogP contribution in [-0.4, -0.2) is 57.5 Å². The third kappa shape index (κ3) is 5.06. The van der Waals surface area contributed by atoms with Crippen LogP contribution in [0.4, 0.5) is 0 Å². The molecular formula is C20H26N2O3S. The molecule has 0 bridgehead atoms. The summed E-state index contributed by atoms with van der Waals surface area (Å²) in [6, 6.07) is 17.5. The minimum atomic E-state index is -3.25. The van der Waals surface area contributed by atoms with Crippen molar-refractivity contribution in [2.24, 2.45) is 0 Å². The summed E-state index contributed by atoms with van der Waals surface area (Å²) in [4.78, 5) is 2.33. The van der Waals surface area contributed by atoms with Crippen LogP contribution in [0.5, 0.6) is 5.75 Å². The van der Waals surface area contributed by atoms with E-state index in [1.165, 1.54) is 5.56 Å². The van der Waals surface area contributed by atoms with E-state index < -0.39 is 10.0 Å². The highest BCUT2D eigenvalue weighted by molar-refractivity contribution is 7.88. The lowest BCUT2D eigenvalue weighted by molar-refractivity contribution is 0.190. The van der Waals surface area contributed by atoms with Crippen molar-refractivity contribution in [3.05, 3.63) is 65.7 Å². The molecule has 140 valence electrons. The van der Waals surface area contributed by atoms with E-state index >= 15 is 0 Å². The maximum atomic E-state index is 12.6. The lowest BCUT2D eigenvalue weighted by atomic mass is 10.1. The lowest BCUT2D eigenvalue weighted by Crippen LogP contribution is -2.49. The number of piperazine rings is 1. The second-order valence-electron chi connectivity index (χ2n) is 6.58. The van der Waals surface area contributed by atoms with Gasteiger partial charge in [0.15, 0.2) is 0 Å². The highest BCUT2D eigenvalue weighted by Gasteiger charge is 2.26. The zero-order chi connectivity index (χ0) is 18.4. The molecule has 1 aliphatic rings. The first kappa shape index (κ1) is 18.9. The van der Waals surface area contributed by atoms with Gasteiger partial charge in [0.05, 0.1) is 12.9 Å². The van der Waals surface area contributed by atoms with Gasteiger partial charge >= 0.3 is 0 Å². The third-order valence-electron chi connectivity index (χ3n) is 4.77. The number of hydrogen-bond donors (Lipinski definition) is 0. The summed E-state index contributed by atoms with van der Waals surface area (Å²) in [5.74, 6) is 0.955. The molecule has 26 heavy (non-hydrogen) atoms. The monoisotopic (exact) mass is 374 g/mol. The molecular weight excluding hydrogens is 348 g/mol. The number of hydrogen-bond acceptors (Lipinski definition) is 4. The van der Waals surface area contributed by atoms with Crippen LogP contribution in [0.3, 0.4) is 0 Å². The Hall–Kier alpha value is -1.89. The second-order valence-corrected chi connectivity index (χ2v) is 8.55. The van der Waals surface area contributed by atoms with Gasteiger partial charge in [-0.2, -0.15) is 4.31 Å². The zero-order valence-corrected chi connectivity index (χ0v) is 16.0. The molecule has 0 N–H and O–H groups in total. The average Bonchev–Trinajstić information content (AvgIpc) is 2.67. The Labute approximate surface area is 156 Å². The predicted molar refractivity (Wildman–Crippen MR) is 104 cm³/mol. The SMILES string of the molecule is COc1cccc(CCN2CCN(S(=O)(=O)Cc3ccccc3)CC2)c1. The fourth-order valence-electron chi connectivity index (χ4n) is 3.22. The molecule has 0 atom stereocenters. The summed E-state index contributed by atoms with van der Waals surface area (Å²) in [6.07, 6.45) is 0.938. The lowest BCUT2D eigenvalue weighted by Gasteiger charge is -2.34.